The van der Waals surface area contributed by atoms with Gasteiger partial charge in [-0.25, -0.2) is 18.4 Å². The highest BCUT2D eigenvalue weighted by molar-refractivity contribution is 7.89. The summed E-state index contributed by atoms with van der Waals surface area (Å²) in [6.45, 7) is 5.51. The van der Waals surface area contributed by atoms with Gasteiger partial charge in [-0.1, -0.05) is 25.1 Å². The third-order valence-electron chi connectivity index (χ3n) is 9.19. The number of halogens is 6. The lowest BCUT2D eigenvalue weighted by Gasteiger charge is -2.43. The topological polar surface area (TPSA) is 191 Å². The van der Waals surface area contributed by atoms with Crippen LogP contribution in [0, 0.1) is 10.1 Å². The van der Waals surface area contributed by atoms with Crippen molar-refractivity contribution < 1.29 is 58.7 Å². The Hall–Kier alpha value is -5.87. The van der Waals surface area contributed by atoms with Gasteiger partial charge < -0.3 is 25.0 Å². The first-order valence-electron chi connectivity index (χ1n) is 18.8. The van der Waals surface area contributed by atoms with E-state index in [1.54, 1.807) is 25.3 Å². The molecule has 61 heavy (non-hydrogen) atoms. The zero-order chi connectivity index (χ0) is 45.1. The van der Waals surface area contributed by atoms with E-state index < -0.39 is 67.4 Å². The second kappa shape index (κ2) is 20.6. The van der Waals surface area contributed by atoms with Gasteiger partial charge in [0.1, 0.15) is 0 Å². The molecule has 1 saturated heterocycles. The van der Waals surface area contributed by atoms with Gasteiger partial charge in [-0.05, 0) is 67.8 Å². The second-order valence-corrected chi connectivity index (χ2v) is 15.0. The Kier molecular flexibility index (Phi) is 16.1. The second-order valence-electron chi connectivity index (χ2n) is 13.1. The minimum Gasteiger partial charge on any atom is -0.478 e. The van der Waals surface area contributed by atoms with E-state index in [1.165, 1.54) is 29.2 Å². The normalized spacial score (nSPS) is 14.6. The third kappa shape index (κ3) is 11.9. The van der Waals surface area contributed by atoms with Gasteiger partial charge in [0.05, 0.1) is 23.7 Å². The molecule has 0 aliphatic carbocycles. The number of carbonyl (C=O) groups excluding carboxylic acids is 2. The first kappa shape index (κ1) is 47.8. The number of aromatic nitrogens is 2. The number of nitrogens with zero attached hydrogens (tertiary/aromatic N) is 6. The lowest BCUT2D eigenvalue weighted by Crippen LogP contribution is -2.55. The molecule has 330 valence electrons. The number of sulfonamides is 1. The number of ether oxygens (including phenoxy) is 2. The fourth-order valence-corrected chi connectivity index (χ4v) is 8.13. The maximum absolute atomic E-state index is 14.1. The number of aldehydes is 1. The maximum Gasteiger partial charge on any atom is 0.446 e. The van der Waals surface area contributed by atoms with Crippen molar-refractivity contribution in [3.8, 4) is 22.9 Å². The SMILES string of the molecule is CCOc1ccc(C(=O)N2CCN(c3ccc(-c4cccnc4OCC)cc3CN(CCN)S(=O)(=O)c3ccccc3[N+](=O)[O-])[C@H](CC)C2)c(C(F)(F)F)n1.O=CC(F)(F)F. The lowest BCUT2D eigenvalue weighted by atomic mass is 9.99. The number of para-hydroxylation sites is 1. The molecule has 2 N–H and O–H groups in total. The number of piperazine rings is 1. The summed E-state index contributed by atoms with van der Waals surface area (Å²) in [7, 11) is -4.48. The van der Waals surface area contributed by atoms with E-state index in [9.17, 15) is 49.7 Å². The molecule has 1 fully saturated rings. The molecule has 0 unspecified atom stereocenters. The first-order valence-corrected chi connectivity index (χ1v) is 20.2. The first-order chi connectivity index (χ1) is 28.8. The molecule has 2 aromatic carbocycles. The maximum atomic E-state index is 14.1. The summed E-state index contributed by atoms with van der Waals surface area (Å²) in [6.07, 6.45) is -8.56. The van der Waals surface area contributed by atoms with Crippen molar-refractivity contribution in [3.63, 3.8) is 0 Å². The van der Waals surface area contributed by atoms with E-state index >= 15 is 0 Å². The molecule has 15 nitrogen and oxygen atoms in total. The monoisotopic (exact) mass is 883 g/mol. The number of benzene rings is 2. The van der Waals surface area contributed by atoms with Crippen LogP contribution in [0.1, 0.15) is 48.8 Å². The van der Waals surface area contributed by atoms with E-state index in [1.807, 2.05) is 36.9 Å². The van der Waals surface area contributed by atoms with Gasteiger partial charge in [0.15, 0.2) is 10.6 Å². The molecule has 1 aliphatic heterocycles. The Morgan fingerprint density at radius 2 is 1.69 bits per heavy atom. The number of nitrogens with two attached hydrogens (primary N) is 1. The molecule has 3 heterocycles. The number of carbonyl (C=O) groups is 2. The van der Waals surface area contributed by atoms with Crippen molar-refractivity contribution in [1.29, 1.82) is 0 Å². The van der Waals surface area contributed by atoms with E-state index in [-0.39, 0.29) is 51.8 Å². The van der Waals surface area contributed by atoms with Crippen LogP contribution in [-0.4, -0.2) is 103 Å². The molecule has 1 amide bonds. The van der Waals surface area contributed by atoms with Crippen LogP contribution in [0.5, 0.6) is 11.8 Å². The number of amides is 1. The smallest absolute Gasteiger partial charge is 0.446 e. The highest BCUT2D eigenvalue weighted by atomic mass is 32.2. The number of rotatable bonds is 15. The van der Waals surface area contributed by atoms with E-state index in [0.717, 1.165) is 16.4 Å². The van der Waals surface area contributed by atoms with Gasteiger partial charge in [-0.15, -0.1) is 0 Å². The summed E-state index contributed by atoms with van der Waals surface area (Å²) in [6, 6.07) is 15.9. The predicted molar refractivity (Wildman–Crippen MR) is 210 cm³/mol. The molecule has 4 aromatic rings. The van der Waals surface area contributed by atoms with Crippen LogP contribution < -0.4 is 20.1 Å². The zero-order valence-corrected chi connectivity index (χ0v) is 34.0. The van der Waals surface area contributed by atoms with Gasteiger partial charge in [-0.3, -0.25) is 19.7 Å². The number of alkyl halides is 6. The van der Waals surface area contributed by atoms with Crippen molar-refractivity contribution in [1.82, 2.24) is 19.2 Å². The fraction of sp³-hybridized carbons (Fsp3) is 0.385. The lowest BCUT2D eigenvalue weighted by molar-refractivity contribution is -0.387. The standard InChI is InChI=1S/C37H42F3N7O7S.C2HF3O/c1-4-27-24-44(36(48)29-14-16-33(53-5-2)43-34(29)37(38,39)40)20-21-46(27)30-15-13-25(28-10-9-18-42-35(28)54-6-3)22-26(30)23-45(19-17-41)55(51,52)32-12-8-7-11-31(32)47(49)50;3-2(4,5)1-6/h7-16,18,22,27H,4-6,17,19-21,23-24,41H2,1-3H3;1H/t27-;/m1./s1. The Bertz CT molecular complexity index is 2280. The molecular weight excluding hydrogens is 841 g/mol. The molecule has 0 saturated carbocycles. The Morgan fingerprint density at radius 3 is 2.30 bits per heavy atom. The van der Waals surface area contributed by atoms with Crippen LogP contribution >= 0.6 is 0 Å². The summed E-state index contributed by atoms with van der Waals surface area (Å²) in [5.74, 6) is -0.720. The molecule has 0 spiro atoms. The van der Waals surface area contributed by atoms with Crippen LogP contribution in [0.15, 0.2) is 77.8 Å². The van der Waals surface area contributed by atoms with Gasteiger partial charge in [0.25, 0.3) is 11.6 Å². The summed E-state index contributed by atoms with van der Waals surface area (Å²) in [4.78, 5) is 44.3. The van der Waals surface area contributed by atoms with Crippen LogP contribution in [0.25, 0.3) is 11.1 Å². The quantitative estimate of drug-likeness (QED) is 0.0591. The van der Waals surface area contributed by atoms with Crippen molar-refractivity contribution in [2.24, 2.45) is 5.73 Å². The molecule has 2 aromatic heterocycles. The average molecular weight is 884 g/mol. The summed E-state index contributed by atoms with van der Waals surface area (Å²) in [5, 5.41) is 11.9. The highest BCUT2D eigenvalue weighted by Gasteiger charge is 2.40. The van der Waals surface area contributed by atoms with Crippen LogP contribution in [0.2, 0.25) is 0 Å². The van der Waals surface area contributed by atoms with E-state index in [4.69, 9.17) is 20.0 Å². The number of nitro groups is 1. The van der Waals surface area contributed by atoms with Crippen molar-refractivity contribution in [2.45, 2.75) is 57.0 Å². The Morgan fingerprint density at radius 1 is 1.00 bits per heavy atom. The molecule has 5 rings (SSSR count). The molecule has 22 heteroatoms. The van der Waals surface area contributed by atoms with Crippen molar-refractivity contribution in [2.75, 3.05) is 50.8 Å². The van der Waals surface area contributed by atoms with Crippen molar-refractivity contribution in [3.05, 3.63) is 99.9 Å². The third-order valence-corrected chi connectivity index (χ3v) is 11.1. The minimum atomic E-state index is -4.91. The highest BCUT2D eigenvalue weighted by Crippen LogP contribution is 2.37. The fourth-order valence-electron chi connectivity index (χ4n) is 6.54. The molecule has 0 bridgehead atoms. The number of hydrogen-bond acceptors (Lipinski definition) is 12. The Labute approximate surface area is 347 Å². The van der Waals surface area contributed by atoms with Crippen LogP contribution in [0.4, 0.5) is 37.7 Å². The number of pyridine rings is 2. The average Bonchev–Trinajstić information content (AvgIpc) is 3.23. The van der Waals surface area contributed by atoms with Gasteiger partial charge in [-0.2, -0.15) is 30.6 Å². The number of hydrogen-bond donors (Lipinski definition) is 1. The summed E-state index contributed by atoms with van der Waals surface area (Å²) >= 11 is 0. The molecular formula is C39H43F6N7O8S. The summed E-state index contributed by atoms with van der Waals surface area (Å²) in [5.41, 5.74) is 5.79. The zero-order valence-electron chi connectivity index (χ0n) is 33.1. The van der Waals surface area contributed by atoms with Gasteiger partial charge >= 0.3 is 12.4 Å². The van der Waals surface area contributed by atoms with Crippen molar-refractivity contribution >= 4 is 33.6 Å². The van der Waals surface area contributed by atoms with Crippen LogP contribution in [-0.2, 0) is 27.5 Å². The van der Waals surface area contributed by atoms with E-state index in [0.29, 0.717) is 41.3 Å². The number of nitro benzene ring substituents is 1. The number of anilines is 1. The van der Waals surface area contributed by atoms with Gasteiger partial charge in [0, 0.05) is 74.9 Å². The van der Waals surface area contributed by atoms with E-state index in [2.05, 4.69) is 9.97 Å². The molecule has 0 radical (unpaired) electrons. The summed E-state index contributed by atoms with van der Waals surface area (Å²) < 4.78 is 114. The Balaban J connectivity index is 0.00000127. The van der Waals surface area contributed by atoms with Gasteiger partial charge in [0.2, 0.25) is 28.1 Å². The molecule has 1 aliphatic rings. The minimum absolute atomic E-state index is 0.0408. The predicted octanol–water partition coefficient (Wildman–Crippen LogP) is 6.51. The van der Waals surface area contributed by atoms with Crippen LogP contribution in [0.3, 0.4) is 0 Å². The largest absolute Gasteiger partial charge is 0.478 e. The molecule has 1 atom stereocenters.